The van der Waals surface area contributed by atoms with E-state index in [1.54, 1.807) is 0 Å². The van der Waals surface area contributed by atoms with Gasteiger partial charge in [-0.2, -0.15) is 0 Å². The maximum atomic E-state index is 5.43. The molecule has 0 aromatic rings. The fourth-order valence-corrected chi connectivity index (χ4v) is 0.803. The molecule has 0 aliphatic carbocycles. The molecule has 82 valence electrons. The van der Waals surface area contributed by atoms with E-state index in [2.05, 4.69) is 20.8 Å². The summed E-state index contributed by atoms with van der Waals surface area (Å²) in [5, 5.41) is 0. The van der Waals surface area contributed by atoms with Crippen molar-refractivity contribution in [2.24, 2.45) is 5.92 Å². The quantitative estimate of drug-likeness (QED) is 0.353. The lowest BCUT2D eigenvalue weighted by Gasteiger charge is -2.00. The summed E-state index contributed by atoms with van der Waals surface area (Å²) >= 11 is 10.9. The van der Waals surface area contributed by atoms with Gasteiger partial charge in [-0.05, 0) is 19.0 Å². The van der Waals surface area contributed by atoms with Gasteiger partial charge >= 0.3 is 0 Å². The minimum absolute atomic E-state index is 0.904. The number of hydrogen-bond acceptors (Lipinski definition) is 0. The highest BCUT2D eigenvalue weighted by atomic mass is 35.7. The molecular weight excluding hydrogens is 219 g/mol. The van der Waals surface area contributed by atoms with E-state index in [1.165, 1.54) is 25.7 Å². The Morgan fingerprint density at radius 3 is 1.69 bits per heavy atom. The van der Waals surface area contributed by atoms with Gasteiger partial charge in [-0.3, -0.25) is 0 Å². The Hall–Kier alpha value is 0.797. The first kappa shape index (κ1) is 16.2. The fourth-order valence-electron chi connectivity index (χ4n) is 0.803. The van der Waals surface area contributed by atoms with Crippen molar-refractivity contribution in [1.29, 1.82) is 0 Å². The summed E-state index contributed by atoms with van der Waals surface area (Å²) in [7, 11) is 0. The molecule has 0 aromatic heterocycles. The van der Waals surface area contributed by atoms with E-state index in [0.29, 0.717) is 0 Å². The zero-order valence-corrected chi connectivity index (χ0v) is 12.2. The molecule has 0 aromatic carbocycles. The number of halogens is 2. The van der Waals surface area contributed by atoms with Crippen LogP contribution < -0.4 is 0 Å². The van der Waals surface area contributed by atoms with Crippen molar-refractivity contribution in [3.63, 3.8) is 0 Å². The van der Waals surface area contributed by atoms with Crippen molar-refractivity contribution in [3.8, 4) is 0 Å². The molecule has 3 heteroatoms. The minimum atomic E-state index is -1.67. The highest BCUT2D eigenvalue weighted by molar-refractivity contribution is 7.44. The lowest BCUT2D eigenvalue weighted by molar-refractivity contribution is 0.534. The van der Waals surface area contributed by atoms with Crippen LogP contribution >= 0.6 is 22.2 Å². The van der Waals surface area contributed by atoms with Crippen LogP contribution in [0.5, 0.6) is 0 Å². The topological polar surface area (TPSA) is 0 Å². The average molecular weight is 243 g/mol. The van der Waals surface area contributed by atoms with E-state index in [0.717, 1.165) is 5.92 Å². The molecule has 0 aliphatic rings. The Morgan fingerprint density at radius 2 is 1.46 bits per heavy atom. The van der Waals surface area contributed by atoms with Crippen LogP contribution in [0.15, 0.2) is 0 Å². The Labute approximate surface area is 94.4 Å². The molecule has 13 heavy (non-hydrogen) atoms. The van der Waals surface area contributed by atoms with Gasteiger partial charge in [0.05, 0.1) is 0 Å². The van der Waals surface area contributed by atoms with Gasteiger partial charge in [0.1, 0.15) is 0 Å². The molecule has 0 aliphatic heterocycles. The van der Waals surface area contributed by atoms with Gasteiger partial charge in [-0.25, -0.2) is 0 Å². The SMILES string of the molecule is CCCCCC(C)C.C[Si](C)(Cl)Cl. The molecule has 0 amide bonds. The summed E-state index contributed by atoms with van der Waals surface area (Å²) in [6, 6.07) is 0. The Kier molecular flexibility index (Phi) is 11.7. The zero-order chi connectivity index (χ0) is 10.9. The third-order valence-electron chi connectivity index (χ3n) is 1.39. The first-order chi connectivity index (χ1) is 5.77. The second-order valence-corrected chi connectivity index (χ2v) is 13.1. The molecule has 0 N–H and O–H groups in total. The molecule has 0 spiro atoms. The predicted octanol–water partition coefficient (Wildman–Crippen LogP) is 5.39. The average Bonchev–Trinajstić information content (AvgIpc) is 1.83. The Morgan fingerprint density at radius 1 is 1.08 bits per heavy atom. The maximum Gasteiger partial charge on any atom is 0.245 e. The second-order valence-electron chi connectivity index (χ2n) is 4.22. The molecule has 0 saturated heterocycles. The van der Waals surface area contributed by atoms with E-state index in [4.69, 9.17) is 22.2 Å². The van der Waals surface area contributed by atoms with Crippen molar-refractivity contribution < 1.29 is 0 Å². The molecule has 0 bridgehead atoms. The van der Waals surface area contributed by atoms with Crippen LogP contribution in [-0.4, -0.2) is 6.69 Å². The molecule has 0 heterocycles. The lowest BCUT2D eigenvalue weighted by Crippen LogP contribution is -2.02. The predicted molar refractivity (Wildman–Crippen MR) is 68.2 cm³/mol. The van der Waals surface area contributed by atoms with Gasteiger partial charge in [0.25, 0.3) is 0 Å². The van der Waals surface area contributed by atoms with Gasteiger partial charge in [-0.15, -0.1) is 22.2 Å². The van der Waals surface area contributed by atoms with E-state index >= 15 is 0 Å². The molecule has 0 atom stereocenters. The van der Waals surface area contributed by atoms with Gasteiger partial charge < -0.3 is 0 Å². The molecule has 0 saturated carbocycles. The Balaban J connectivity index is 0. The summed E-state index contributed by atoms with van der Waals surface area (Å²) in [5.41, 5.74) is 0. The fraction of sp³-hybridized carbons (Fsp3) is 1.00. The third-order valence-corrected chi connectivity index (χ3v) is 1.39. The molecular formula is C10H24Cl2Si. The van der Waals surface area contributed by atoms with Crippen LogP contribution in [0.1, 0.15) is 46.5 Å². The van der Waals surface area contributed by atoms with Crippen LogP contribution in [0.4, 0.5) is 0 Å². The monoisotopic (exact) mass is 242 g/mol. The molecule has 0 nitrogen and oxygen atoms in total. The molecule has 0 rings (SSSR count). The highest BCUT2D eigenvalue weighted by Crippen LogP contribution is 2.10. The minimum Gasteiger partial charge on any atom is -0.146 e. The molecule has 0 radical (unpaired) electrons. The van der Waals surface area contributed by atoms with Crippen molar-refractivity contribution >= 4 is 28.9 Å². The first-order valence-electron chi connectivity index (χ1n) is 5.15. The Bertz CT molecular complexity index is 91.6. The van der Waals surface area contributed by atoms with Gasteiger partial charge in [0.15, 0.2) is 0 Å². The van der Waals surface area contributed by atoms with E-state index in [9.17, 15) is 0 Å². The third kappa shape index (κ3) is 44.4. The molecule has 0 unspecified atom stereocenters. The van der Waals surface area contributed by atoms with Crippen LogP contribution in [0.25, 0.3) is 0 Å². The zero-order valence-electron chi connectivity index (χ0n) is 9.66. The van der Waals surface area contributed by atoms with Crippen molar-refractivity contribution in [1.82, 2.24) is 0 Å². The second kappa shape index (κ2) is 9.36. The van der Waals surface area contributed by atoms with Crippen molar-refractivity contribution in [3.05, 3.63) is 0 Å². The van der Waals surface area contributed by atoms with Gasteiger partial charge in [-0.1, -0.05) is 46.5 Å². The smallest absolute Gasteiger partial charge is 0.146 e. The van der Waals surface area contributed by atoms with Crippen LogP contribution in [0, 0.1) is 5.92 Å². The summed E-state index contributed by atoms with van der Waals surface area (Å²) in [5.74, 6) is 0.904. The van der Waals surface area contributed by atoms with Gasteiger partial charge in [0.2, 0.25) is 6.69 Å². The summed E-state index contributed by atoms with van der Waals surface area (Å²) in [6.45, 7) is 8.87. The van der Waals surface area contributed by atoms with Crippen molar-refractivity contribution in [2.75, 3.05) is 0 Å². The normalized spacial score (nSPS) is 11.1. The summed E-state index contributed by atoms with van der Waals surface area (Å²) in [4.78, 5) is 0. The van der Waals surface area contributed by atoms with E-state index in [-0.39, 0.29) is 0 Å². The standard InChI is InChI=1S/C8H18.C2H6Cl2Si/c1-4-5-6-7-8(2)3;1-5(2,3)4/h8H,4-7H2,1-3H3;1-2H3. The summed E-state index contributed by atoms with van der Waals surface area (Å²) in [6.07, 6.45) is 5.60. The first-order valence-corrected chi connectivity index (χ1v) is 10.2. The van der Waals surface area contributed by atoms with Gasteiger partial charge in [0, 0.05) is 0 Å². The molecule has 0 fully saturated rings. The van der Waals surface area contributed by atoms with E-state index in [1.807, 2.05) is 13.1 Å². The van der Waals surface area contributed by atoms with Crippen LogP contribution in [-0.2, 0) is 0 Å². The lowest BCUT2D eigenvalue weighted by atomic mass is 10.1. The largest absolute Gasteiger partial charge is 0.245 e. The highest BCUT2D eigenvalue weighted by Gasteiger charge is 2.08. The van der Waals surface area contributed by atoms with Crippen LogP contribution in [0.2, 0.25) is 13.1 Å². The number of rotatable bonds is 4. The number of hydrogen-bond donors (Lipinski definition) is 0. The summed E-state index contributed by atoms with van der Waals surface area (Å²) < 4.78 is 0. The van der Waals surface area contributed by atoms with E-state index < -0.39 is 6.69 Å². The van der Waals surface area contributed by atoms with Crippen molar-refractivity contribution in [2.45, 2.75) is 59.5 Å². The number of unbranched alkanes of at least 4 members (excludes halogenated alkanes) is 2. The van der Waals surface area contributed by atoms with Crippen LogP contribution in [0.3, 0.4) is 0 Å². The maximum absolute atomic E-state index is 5.43.